The van der Waals surface area contributed by atoms with E-state index in [1.165, 1.54) is 6.20 Å². The van der Waals surface area contributed by atoms with E-state index < -0.39 is 28.8 Å². The number of carbonyl (C=O) groups excluding carboxylic acids is 1. The van der Waals surface area contributed by atoms with Gasteiger partial charge in [0.15, 0.2) is 0 Å². The number of primary amides is 1. The van der Waals surface area contributed by atoms with Gasteiger partial charge >= 0.3 is 0 Å². The fraction of sp³-hybridized carbons (Fsp3) is 0.571. The molecule has 11 heteroatoms. The second kappa shape index (κ2) is 8.29. The summed E-state index contributed by atoms with van der Waals surface area (Å²) < 4.78 is 41.5. The van der Waals surface area contributed by atoms with Crippen molar-refractivity contribution in [3.63, 3.8) is 0 Å². The third-order valence-corrected chi connectivity index (χ3v) is 7.87. The number of nitrogens with zero attached hydrogens (tertiary/aromatic N) is 4. The maximum absolute atomic E-state index is 14.8. The van der Waals surface area contributed by atoms with Gasteiger partial charge in [-0.2, -0.15) is 15.7 Å². The molecule has 2 fully saturated rings. The number of nitrogens with two attached hydrogens (primary N) is 1. The minimum Gasteiger partial charge on any atom is -0.471 e. The zero-order valence-corrected chi connectivity index (χ0v) is 19.3. The Labute approximate surface area is 188 Å². The van der Waals surface area contributed by atoms with Crippen LogP contribution in [0.15, 0.2) is 24.7 Å². The van der Waals surface area contributed by atoms with Crippen LogP contribution in [0.25, 0.3) is 11.1 Å². The first-order valence-electron chi connectivity index (χ1n) is 10.6. The second-order valence-electron chi connectivity index (χ2n) is 9.52. The highest BCUT2D eigenvalue weighted by Crippen LogP contribution is 2.53. The highest BCUT2D eigenvalue weighted by molar-refractivity contribution is 8.25. The van der Waals surface area contributed by atoms with Gasteiger partial charge in [0, 0.05) is 48.6 Å². The summed E-state index contributed by atoms with van der Waals surface area (Å²) in [5, 5.41) is 4.29. The van der Waals surface area contributed by atoms with E-state index in [4.69, 9.17) is 10.5 Å². The molecule has 0 aromatic carbocycles. The average Bonchev–Trinajstić information content (AvgIpc) is 3.16. The smallest absolute Gasteiger partial charge is 0.254 e. The van der Waals surface area contributed by atoms with Crippen LogP contribution in [0.5, 0.6) is 5.88 Å². The molecule has 4 N–H and O–H groups in total. The van der Waals surface area contributed by atoms with Crippen LogP contribution in [0.1, 0.15) is 43.6 Å². The van der Waals surface area contributed by atoms with Crippen molar-refractivity contribution < 1.29 is 23.0 Å². The molecule has 2 unspecified atom stereocenters. The number of amides is 1. The zero-order valence-electron chi connectivity index (χ0n) is 18.4. The van der Waals surface area contributed by atoms with Crippen LogP contribution >= 0.6 is 10.6 Å². The summed E-state index contributed by atoms with van der Waals surface area (Å²) in [7, 11) is -2.47. The summed E-state index contributed by atoms with van der Waals surface area (Å²) in [6.07, 6.45) is 3.49. The first kappa shape index (κ1) is 23.0. The fourth-order valence-electron chi connectivity index (χ4n) is 4.06. The van der Waals surface area contributed by atoms with Crippen molar-refractivity contribution in [1.82, 2.24) is 19.7 Å². The summed E-state index contributed by atoms with van der Waals surface area (Å²) in [5.74, 6) is -0.121. The molecule has 2 aromatic rings. The Kier molecular flexibility index (Phi) is 5.95. The number of carbonyl (C=O) groups is 1. The Morgan fingerprint density at radius 2 is 2.00 bits per heavy atom. The molecule has 0 aliphatic carbocycles. The van der Waals surface area contributed by atoms with Gasteiger partial charge in [-0.25, -0.2) is 9.37 Å². The molecule has 4 heterocycles. The van der Waals surface area contributed by atoms with E-state index in [-0.39, 0.29) is 41.1 Å². The molecule has 0 bridgehead atoms. The molecule has 4 rings (SSSR count). The molecular formula is C21H30FN5O4S. The summed E-state index contributed by atoms with van der Waals surface area (Å²) in [6.45, 7) is 7.08. The number of aromatic nitrogens is 3. The van der Waals surface area contributed by atoms with E-state index in [1.807, 2.05) is 20.8 Å². The number of rotatable bonds is 5. The number of alkyl halides is 1. The van der Waals surface area contributed by atoms with Gasteiger partial charge in [0.05, 0.1) is 23.7 Å². The van der Waals surface area contributed by atoms with Crippen LogP contribution in [0, 0.1) is 0 Å². The zero-order chi connectivity index (χ0) is 23.3. The standard InChI is InChI=1S/C21H30FN5O4S/c1-21(2,3)26-5-4-18(17(22)10-26)31-20-16(19(23)28)6-13(7-24-20)14-8-25-27(9-14)15-11-32(29,30)12-15/h6-9,15,17-18,29-30H,4-5,10-12H2,1-3H3,(H2,23,28). The number of hydrogen-bond donors (Lipinski definition) is 3. The van der Waals surface area contributed by atoms with E-state index in [1.54, 1.807) is 23.1 Å². The molecular weight excluding hydrogens is 437 g/mol. The van der Waals surface area contributed by atoms with Crippen molar-refractivity contribution in [2.75, 3.05) is 24.6 Å². The minimum atomic E-state index is -2.47. The molecule has 2 atom stereocenters. The summed E-state index contributed by atoms with van der Waals surface area (Å²) in [5.41, 5.74) is 6.83. The summed E-state index contributed by atoms with van der Waals surface area (Å²) in [6, 6.07) is 1.50. The molecule has 2 aliphatic heterocycles. The lowest BCUT2D eigenvalue weighted by Crippen LogP contribution is -2.53. The van der Waals surface area contributed by atoms with E-state index >= 15 is 0 Å². The Hall–Kier alpha value is -2.21. The summed E-state index contributed by atoms with van der Waals surface area (Å²) >= 11 is 0. The molecule has 0 radical (unpaired) electrons. The number of pyridine rings is 1. The maximum Gasteiger partial charge on any atom is 0.254 e. The number of likely N-dealkylation sites (tertiary alicyclic amines) is 1. The highest BCUT2D eigenvalue weighted by atomic mass is 32.3. The minimum absolute atomic E-state index is 0.0263. The quantitative estimate of drug-likeness (QED) is 0.617. The van der Waals surface area contributed by atoms with E-state index in [0.717, 1.165) is 0 Å². The van der Waals surface area contributed by atoms with Gasteiger partial charge in [0.25, 0.3) is 5.91 Å². The van der Waals surface area contributed by atoms with Crippen LogP contribution in [-0.4, -0.2) is 77.1 Å². The van der Waals surface area contributed by atoms with Gasteiger partial charge < -0.3 is 10.5 Å². The number of halogens is 1. The first-order chi connectivity index (χ1) is 14.9. The predicted molar refractivity (Wildman–Crippen MR) is 121 cm³/mol. The third-order valence-electron chi connectivity index (χ3n) is 6.04. The van der Waals surface area contributed by atoms with E-state index in [9.17, 15) is 18.3 Å². The molecule has 176 valence electrons. The first-order valence-corrected chi connectivity index (χ1v) is 12.5. The molecule has 2 aliphatic rings. The van der Waals surface area contributed by atoms with Gasteiger partial charge in [-0.05, 0) is 26.8 Å². The van der Waals surface area contributed by atoms with Crippen LogP contribution in [-0.2, 0) is 0 Å². The largest absolute Gasteiger partial charge is 0.471 e. The molecule has 0 spiro atoms. The van der Waals surface area contributed by atoms with Gasteiger partial charge in [0.2, 0.25) is 5.88 Å². The van der Waals surface area contributed by atoms with E-state index in [2.05, 4.69) is 15.0 Å². The van der Waals surface area contributed by atoms with Gasteiger partial charge in [-0.3, -0.25) is 23.5 Å². The number of ether oxygens (including phenoxy) is 1. The SMILES string of the molecule is CC(C)(C)N1CCC(Oc2ncc(-c3cnn(C4CS(O)(O)C4)c3)cc2C(N)=O)C(F)C1. The number of piperidine rings is 1. The van der Waals surface area contributed by atoms with Crippen molar-refractivity contribution in [2.24, 2.45) is 5.73 Å². The molecule has 9 nitrogen and oxygen atoms in total. The Morgan fingerprint density at radius 1 is 1.28 bits per heavy atom. The highest BCUT2D eigenvalue weighted by Gasteiger charge is 2.37. The average molecular weight is 468 g/mol. The Morgan fingerprint density at radius 3 is 2.59 bits per heavy atom. The van der Waals surface area contributed by atoms with Crippen molar-refractivity contribution in [3.05, 3.63) is 30.2 Å². The van der Waals surface area contributed by atoms with Crippen molar-refractivity contribution in [1.29, 1.82) is 0 Å². The Bertz CT molecular complexity index is 1000. The van der Waals surface area contributed by atoms with Crippen molar-refractivity contribution in [2.45, 2.75) is 51.0 Å². The molecule has 1 amide bonds. The fourth-order valence-corrected chi connectivity index (χ4v) is 5.50. The lowest BCUT2D eigenvalue weighted by molar-refractivity contribution is -0.0134. The monoisotopic (exact) mass is 467 g/mol. The van der Waals surface area contributed by atoms with Crippen LogP contribution in [0.4, 0.5) is 4.39 Å². The second-order valence-corrected chi connectivity index (χ2v) is 11.8. The lowest BCUT2D eigenvalue weighted by atomic mass is 9.98. The predicted octanol–water partition coefficient (Wildman–Crippen LogP) is 2.94. The normalized spacial score (nSPS) is 25.2. The Balaban J connectivity index is 1.50. The lowest BCUT2D eigenvalue weighted by Gasteiger charge is -2.46. The van der Waals surface area contributed by atoms with Gasteiger partial charge in [-0.1, -0.05) is 0 Å². The third kappa shape index (κ3) is 4.75. The number of hydrogen-bond acceptors (Lipinski definition) is 7. The van der Waals surface area contributed by atoms with Crippen molar-refractivity contribution >= 4 is 16.5 Å². The molecule has 2 saturated heterocycles. The van der Waals surface area contributed by atoms with Crippen LogP contribution in [0.2, 0.25) is 0 Å². The summed E-state index contributed by atoms with van der Waals surface area (Å²) in [4.78, 5) is 18.4. The van der Waals surface area contributed by atoms with Crippen molar-refractivity contribution in [3.8, 4) is 17.0 Å². The molecule has 32 heavy (non-hydrogen) atoms. The molecule has 2 aromatic heterocycles. The van der Waals surface area contributed by atoms with Crippen LogP contribution in [0.3, 0.4) is 0 Å². The van der Waals surface area contributed by atoms with Gasteiger partial charge in [0.1, 0.15) is 17.8 Å². The molecule has 0 saturated carbocycles. The van der Waals surface area contributed by atoms with Gasteiger partial charge in [-0.15, -0.1) is 0 Å². The van der Waals surface area contributed by atoms with E-state index in [0.29, 0.717) is 24.1 Å². The van der Waals surface area contributed by atoms with Crippen LogP contribution < -0.4 is 10.5 Å². The topological polar surface area (TPSA) is 127 Å². The maximum atomic E-state index is 14.8.